The molecule has 0 radical (unpaired) electrons. The highest BCUT2D eigenvalue weighted by Gasteiger charge is 2.50. The van der Waals surface area contributed by atoms with Crippen LogP contribution in [0.3, 0.4) is 0 Å². The van der Waals surface area contributed by atoms with Gasteiger partial charge in [0.2, 0.25) is 0 Å². The fourth-order valence-electron chi connectivity index (χ4n) is 2.73. The number of hydrogen-bond acceptors (Lipinski definition) is 4. The zero-order chi connectivity index (χ0) is 15.0. The molecule has 2 aromatic rings. The van der Waals surface area contributed by atoms with Crippen LogP contribution in [0, 0.1) is 0 Å². The Morgan fingerprint density at radius 2 is 2.00 bits per heavy atom. The van der Waals surface area contributed by atoms with E-state index >= 15 is 0 Å². The van der Waals surface area contributed by atoms with Crippen LogP contribution < -0.4 is 16.2 Å². The highest BCUT2D eigenvalue weighted by molar-refractivity contribution is 6.30. The van der Waals surface area contributed by atoms with E-state index in [2.05, 4.69) is 22.2 Å². The lowest BCUT2D eigenvalue weighted by Gasteiger charge is -2.27. The lowest BCUT2D eigenvalue weighted by Crippen LogP contribution is -2.49. The summed E-state index contributed by atoms with van der Waals surface area (Å²) in [7, 11) is 0. The molecule has 22 heavy (non-hydrogen) atoms. The molecule has 1 spiro atoms. The van der Waals surface area contributed by atoms with Crippen molar-refractivity contribution in [3.63, 3.8) is 0 Å². The van der Waals surface area contributed by atoms with Crippen LogP contribution in [-0.2, 0) is 6.54 Å². The van der Waals surface area contributed by atoms with Crippen LogP contribution in [0.15, 0.2) is 53.5 Å². The fraction of sp³-hybridized carbons (Fsp3) is 0.235. The number of rotatable bonds is 3. The summed E-state index contributed by atoms with van der Waals surface area (Å²) in [5, 5.41) is 4.35. The standard InChI is InChI=1S/C17H17ClN4/c18-13-5-3-4-12(10-13)11-19-22-16-17(8-9-17)21-15-7-2-1-6-14(15)20-16/h1-7,10,19,21H,8-9,11H2,(H,20,22). The van der Waals surface area contributed by atoms with Crippen LogP contribution in [0.5, 0.6) is 0 Å². The van der Waals surface area contributed by atoms with E-state index in [0.29, 0.717) is 6.54 Å². The van der Waals surface area contributed by atoms with Gasteiger partial charge in [-0.2, -0.15) is 0 Å². The van der Waals surface area contributed by atoms with E-state index in [1.165, 1.54) is 0 Å². The van der Waals surface area contributed by atoms with Gasteiger partial charge in [0, 0.05) is 11.6 Å². The van der Waals surface area contributed by atoms with E-state index in [9.17, 15) is 0 Å². The van der Waals surface area contributed by atoms with E-state index in [1.807, 2.05) is 42.5 Å². The van der Waals surface area contributed by atoms with E-state index in [0.717, 1.165) is 40.6 Å². The number of nitrogens with one attached hydrogen (secondary N) is 3. The maximum Gasteiger partial charge on any atom is 0.142 e. The lowest BCUT2D eigenvalue weighted by molar-refractivity contribution is 0.634. The van der Waals surface area contributed by atoms with Crippen LogP contribution in [-0.4, -0.2) is 11.4 Å². The molecule has 5 heteroatoms. The van der Waals surface area contributed by atoms with Gasteiger partial charge in [-0.3, -0.25) is 0 Å². The van der Waals surface area contributed by atoms with Crippen LogP contribution in [0.2, 0.25) is 5.02 Å². The molecular formula is C17H17ClN4. The fourth-order valence-corrected chi connectivity index (χ4v) is 2.95. The van der Waals surface area contributed by atoms with E-state index < -0.39 is 0 Å². The van der Waals surface area contributed by atoms with Crippen LogP contribution in [0.1, 0.15) is 18.4 Å². The Balaban J connectivity index is 1.47. The number of hydrazine groups is 1. The molecule has 2 aliphatic rings. The van der Waals surface area contributed by atoms with Crippen molar-refractivity contribution in [2.45, 2.75) is 24.9 Å². The second kappa shape index (κ2) is 5.30. The smallest absolute Gasteiger partial charge is 0.142 e. The Bertz CT molecular complexity index is 737. The van der Waals surface area contributed by atoms with Gasteiger partial charge in [0.15, 0.2) is 0 Å². The summed E-state index contributed by atoms with van der Waals surface area (Å²) in [6.07, 6.45) is 2.21. The molecule has 0 unspecified atom stereocenters. The van der Waals surface area contributed by atoms with Crippen LogP contribution >= 0.6 is 11.6 Å². The molecule has 0 saturated heterocycles. The second-order valence-electron chi connectivity index (χ2n) is 5.79. The Hall–Kier alpha value is -2.04. The molecule has 1 heterocycles. The molecule has 1 aliphatic heterocycles. The van der Waals surface area contributed by atoms with Gasteiger partial charge in [-0.15, -0.1) is 0 Å². The molecule has 0 aromatic heterocycles. The molecule has 3 N–H and O–H groups in total. The van der Waals surface area contributed by atoms with Crippen LogP contribution in [0.25, 0.3) is 0 Å². The third kappa shape index (κ3) is 2.56. The number of hydrogen-bond donors (Lipinski definition) is 3. The van der Waals surface area contributed by atoms with Crippen molar-refractivity contribution in [1.29, 1.82) is 0 Å². The van der Waals surface area contributed by atoms with Gasteiger partial charge in [0.1, 0.15) is 5.84 Å². The molecule has 1 fully saturated rings. The lowest BCUT2D eigenvalue weighted by atomic mass is 10.1. The van der Waals surface area contributed by atoms with E-state index in [4.69, 9.17) is 16.6 Å². The molecular weight excluding hydrogens is 296 g/mol. The average Bonchev–Trinajstić information content (AvgIpc) is 3.28. The zero-order valence-corrected chi connectivity index (χ0v) is 12.8. The van der Waals surface area contributed by atoms with Gasteiger partial charge in [-0.05, 0) is 42.7 Å². The first kappa shape index (κ1) is 13.6. The van der Waals surface area contributed by atoms with Crippen LogP contribution in [0.4, 0.5) is 11.4 Å². The Kier molecular flexibility index (Phi) is 3.28. The second-order valence-corrected chi connectivity index (χ2v) is 6.23. The summed E-state index contributed by atoms with van der Waals surface area (Å²) in [6, 6.07) is 16.0. The van der Waals surface area contributed by atoms with Crippen molar-refractivity contribution in [3.8, 4) is 0 Å². The predicted molar refractivity (Wildman–Crippen MR) is 90.6 cm³/mol. The third-order valence-electron chi connectivity index (χ3n) is 4.10. The molecule has 112 valence electrons. The van der Waals surface area contributed by atoms with Crippen molar-refractivity contribution < 1.29 is 0 Å². The number of anilines is 1. The topological polar surface area (TPSA) is 48.5 Å². The number of aliphatic imine (C=N–C) groups is 1. The number of nitrogens with zero attached hydrogens (tertiary/aromatic N) is 1. The monoisotopic (exact) mass is 312 g/mol. The molecule has 2 aromatic carbocycles. The minimum Gasteiger partial charge on any atom is -0.371 e. The summed E-state index contributed by atoms with van der Waals surface area (Å²) < 4.78 is 0. The highest BCUT2D eigenvalue weighted by atomic mass is 35.5. The summed E-state index contributed by atoms with van der Waals surface area (Å²) in [5.74, 6) is 0.966. The Labute approximate surface area is 134 Å². The van der Waals surface area contributed by atoms with Gasteiger partial charge in [0.05, 0.1) is 16.9 Å². The number of para-hydroxylation sites is 2. The molecule has 4 rings (SSSR count). The number of benzene rings is 2. The minimum absolute atomic E-state index is 0.0182. The quantitative estimate of drug-likeness (QED) is 0.759. The highest BCUT2D eigenvalue weighted by Crippen LogP contribution is 2.45. The normalized spacial score (nSPS) is 17.4. The minimum atomic E-state index is -0.0182. The van der Waals surface area contributed by atoms with Gasteiger partial charge in [0.25, 0.3) is 0 Å². The first-order valence-electron chi connectivity index (χ1n) is 7.45. The van der Waals surface area contributed by atoms with Crippen molar-refractivity contribution in [2.24, 2.45) is 4.99 Å². The van der Waals surface area contributed by atoms with Crippen molar-refractivity contribution in [2.75, 3.05) is 5.32 Å². The van der Waals surface area contributed by atoms with Crippen molar-refractivity contribution in [1.82, 2.24) is 10.9 Å². The van der Waals surface area contributed by atoms with Crippen molar-refractivity contribution in [3.05, 3.63) is 59.1 Å². The molecule has 1 saturated carbocycles. The molecule has 1 aliphatic carbocycles. The van der Waals surface area contributed by atoms with E-state index in [1.54, 1.807) is 0 Å². The number of amidine groups is 1. The summed E-state index contributed by atoms with van der Waals surface area (Å²) in [5.41, 5.74) is 9.73. The maximum absolute atomic E-state index is 6.00. The maximum atomic E-state index is 6.00. The molecule has 0 amide bonds. The SMILES string of the molecule is Clc1cccc(CNNC2=Nc3ccccc3NC23CC3)c1. The first-order chi connectivity index (χ1) is 10.8. The number of halogens is 1. The van der Waals surface area contributed by atoms with E-state index in [-0.39, 0.29) is 5.54 Å². The Morgan fingerprint density at radius 1 is 1.14 bits per heavy atom. The van der Waals surface area contributed by atoms with Gasteiger partial charge in [-0.1, -0.05) is 35.9 Å². The molecule has 0 atom stereocenters. The third-order valence-corrected chi connectivity index (χ3v) is 4.34. The molecule has 0 bridgehead atoms. The average molecular weight is 313 g/mol. The van der Waals surface area contributed by atoms with Gasteiger partial charge >= 0.3 is 0 Å². The van der Waals surface area contributed by atoms with Gasteiger partial charge in [-0.25, -0.2) is 10.4 Å². The van der Waals surface area contributed by atoms with Crippen molar-refractivity contribution >= 4 is 28.8 Å². The summed E-state index contributed by atoms with van der Waals surface area (Å²) in [6.45, 7) is 0.692. The largest absolute Gasteiger partial charge is 0.371 e. The van der Waals surface area contributed by atoms with Gasteiger partial charge < -0.3 is 10.7 Å². The molecule has 4 nitrogen and oxygen atoms in total. The Morgan fingerprint density at radius 3 is 2.82 bits per heavy atom. The first-order valence-corrected chi connectivity index (χ1v) is 7.83. The zero-order valence-electron chi connectivity index (χ0n) is 12.1. The predicted octanol–water partition coefficient (Wildman–Crippen LogP) is 3.62. The summed E-state index contributed by atoms with van der Waals surface area (Å²) >= 11 is 6.00. The number of fused-ring (bicyclic) bond motifs is 1. The summed E-state index contributed by atoms with van der Waals surface area (Å²) in [4.78, 5) is 4.76.